The smallest absolute Gasteiger partial charge is 0.242 e. The minimum absolute atomic E-state index is 0.0382. The average Bonchev–Trinajstić information content (AvgIpc) is 2.85. The molecule has 0 saturated heterocycles. The molecule has 21 heavy (non-hydrogen) atoms. The van der Waals surface area contributed by atoms with Gasteiger partial charge < -0.3 is 5.32 Å². The summed E-state index contributed by atoms with van der Waals surface area (Å²) in [6.07, 6.45) is 8.56. The van der Waals surface area contributed by atoms with Crippen LogP contribution < -0.4 is 5.32 Å². The minimum Gasteiger partial charge on any atom is -0.352 e. The number of nitrogens with one attached hydrogen (secondary N) is 1. The Kier molecular flexibility index (Phi) is 4.48. The van der Waals surface area contributed by atoms with E-state index in [4.69, 9.17) is 0 Å². The zero-order valence-electron chi connectivity index (χ0n) is 12.3. The number of carbonyl (C=O) groups is 1. The molecule has 1 aromatic heterocycles. The number of hydrogen-bond donors (Lipinski definition) is 1. The van der Waals surface area contributed by atoms with Gasteiger partial charge >= 0.3 is 0 Å². The van der Waals surface area contributed by atoms with E-state index in [0.29, 0.717) is 6.04 Å². The van der Waals surface area contributed by atoms with E-state index in [2.05, 4.69) is 15.6 Å². The first-order chi connectivity index (χ1) is 10.3. The Morgan fingerprint density at radius 3 is 2.67 bits per heavy atom. The van der Waals surface area contributed by atoms with E-state index in [1.54, 1.807) is 4.68 Å². The second kappa shape index (κ2) is 6.70. The number of fused-ring (bicyclic) bond motifs is 1. The van der Waals surface area contributed by atoms with Gasteiger partial charge in [-0.2, -0.15) is 0 Å². The molecule has 0 atom stereocenters. The third kappa shape index (κ3) is 3.60. The third-order valence-corrected chi connectivity index (χ3v) is 4.18. The molecule has 1 heterocycles. The molecule has 5 nitrogen and oxygen atoms in total. The molecule has 1 fully saturated rings. The lowest BCUT2D eigenvalue weighted by Gasteiger charge is -2.21. The number of nitrogens with zero attached hydrogens (tertiary/aromatic N) is 3. The predicted molar refractivity (Wildman–Crippen MR) is 81.8 cm³/mol. The monoisotopic (exact) mass is 286 g/mol. The molecule has 0 unspecified atom stereocenters. The number of para-hydroxylation sites is 1. The van der Waals surface area contributed by atoms with Crippen LogP contribution in [0.25, 0.3) is 11.0 Å². The van der Waals surface area contributed by atoms with Gasteiger partial charge in [0.05, 0.1) is 5.52 Å². The third-order valence-electron chi connectivity index (χ3n) is 4.18. The summed E-state index contributed by atoms with van der Waals surface area (Å²) in [5, 5.41) is 11.3. The van der Waals surface area contributed by atoms with Gasteiger partial charge in [0.15, 0.2) is 0 Å². The topological polar surface area (TPSA) is 59.8 Å². The first-order valence-electron chi connectivity index (χ1n) is 7.90. The fourth-order valence-corrected chi connectivity index (χ4v) is 3.04. The number of amides is 1. The van der Waals surface area contributed by atoms with Gasteiger partial charge in [-0.25, -0.2) is 4.68 Å². The molecule has 1 saturated carbocycles. The molecule has 1 aromatic carbocycles. The molecule has 1 amide bonds. The fourth-order valence-electron chi connectivity index (χ4n) is 3.04. The molecule has 5 heteroatoms. The predicted octanol–water partition coefficient (Wildman–Crippen LogP) is 2.66. The minimum atomic E-state index is 0.0382. The van der Waals surface area contributed by atoms with Crippen LogP contribution in [-0.4, -0.2) is 26.9 Å². The van der Waals surface area contributed by atoms with Gasteiger partial charge in [0.2, 0.25) is 5.91 Å². The zero-order valence-corrected chi connectivity index (χ0v) is 12.3. The second-order valence-electron chi connectivity index (χ2n) is 5.85. The van der Waals surface area contributed by atoms with Gasteiger partial charge in [-0.05, 0) is 25.0 Å². The Bertz CT molecular complexity index is 599. The molecule has 1 N–H and O–H groups in total. The van der Waals surface area contributed by atoms with E-state index < -0.39 is 0 Å². The van der Waals surface area contributed by atoms with Crippen molar-refractivity contribution in [3.63, 3.8) is 0 Å². The quantitative estimate of drug-likeness (QED) is 0.943. The van der Waals surface area contributed by atoms with Crippen LogP contribution in [0.15, 0.2) is 24.3 Å². The average molecular weight is 286 g/mol. The molecule has 1 aliphatic rings. The fraction of sp³-hybridized carbons (Fsp3) is 0.562. The van der Waals surface area contributed by atoms with E-state index in [1.807, 2.05) is 24.3 Å². The highest BCUT2D eigenvalue weighted by Crippen LogP contribution is 2.17. The Balaban J connectivity index is 1.60. The van der Waals surface area contributed by atoms with Crippen molar-refractivity contribution in [2.75, 3.05) is 0 Å². The first-order valence-corrected chi connectivity index (χ1v) is 7.90. The van der Waals surface area contributed by atoms with Crippen molar-refractivity contribution in [1.82, 2.24) is 20.3 Å². The van der Waals surface area contributed by atoms with Gasteiger partial charge in [-0.1, -0.05) is 49.5 Å². The largest absolute Gasteiger partial charge is 0.352 e. The molecule has 0 radical (unpaired) electrons. The maximum absolute atomic E-state index is 12.2. The lowest BCUT2D eigenvalue weighted by Crippen LogP contribution is -2.37. The molecular weight excluding hydrogens is 264 g/mol. The Morgan fingerprint density at radius 2 is 1.86 bits per heavy atom. The normalized spacial score (nSPS) is 17.3. The lowest BCUT2D eigenvalue weighted by atomic mass is 9.97. The number of benzene rings is 1. The maximum Gasteiger partial charge on any atom is 0.242 e. The zero-order chi connectivity index (χ0) is 14.5. The first kappa shape index (κ1) is 14.0. The summed E-state index contributed by atoms with van der Waals surface area (Å²) in [5.41, 5.74) is 1.74. The summed E-state index contributed by atoms with van der Waals surface area (Å²) in [6.45, 7) is 0.247. The maximum atomic E-state index is 12.2. The molecular formula is C16H22N4O. The molecule has 3 rings (SSSR count). The Morgan fingerprint density at radius 1 is 1.14 bits per heavy atom. The van der Waals surface area contributed by atoms with Gasteiger partial charge in [0, 0.05) is 6.04 Å². The van der Waals surface area contributed by atoms with Gasteiger partial charge in [0.1, 0.15) is 12.1 Å². The van der Waals surface area contributed by atoms with Crippen LogP contribution >= 0.6 is 0 Å². The van der Waals surface area contributed by atoms with Gasteiger partial charge in [-0.15, -0.1) is 5.10 Å². The van der Waals surface area contributed by atoms with Crippen molar-refractivity contribution in [2.45, 2.75) is 57.5 Å². The standard InChI is InChI=1S/C16H22N4O/c21-16(17-13-8-4-2-1-3-5-9-13)12-20-15-11-7-6-10-14(15)18-19-20/h6-7,10-11,13H,1-5,8-9,12H2,(H,17,21). The number of hydrogen-bond acceptors (Lipinski definition) is 3. The molecule has 112 valence electrons. The lowest BCUT2D eigenvalue weighted by molar-refractivity contribution is -0.122. The van der Waals surface area contributed by atoms with Crippen LogP contribution in [0.2, 0.25) is 0 Å². The van der Waals surface area contributed by atoms with Crippen molar-refractivity contribution in [1.29, 1.82) is 0 Å². The van der Waals surface area contributed by atoms with Gasteiger partial charge in [0.25, 0.3) is 0 Å². The summed E-state index contributed by atoms with van der Waals surface area (Å²) in [6, 6.07) is 8.04. The van der Waals surface area contributed by atoms with E-state index in [9.17, 15) is 4.79 Å². The highest BCUT2D eigenvalue weighted by Gasteiger charge is 2.15. The summed E-state index contributed by atoms with van der Waals surface area (Å²) in [5.74, 6) is 0.0382. The molecule has 0 spiro atoms. The van der Waals surface area contributed by atoms with Crippen LogP contribution in [0.1, 0.15) is 44.9 Å². The number of aromatic nitrogens is 3. The molecule has 2 aromatic rings. The second-order valence-corrected chi connectivity index (χ2v) is 5.85. The van der Waals surface area contributed by atoms with Crippen molar-refractivity contribution in [3.8, 4) is 0 Å². The van der Waals surface area contributed by atoms with Crippen LogP contribution in [0.5, 0.6) is 0 Å². The summed E-state index contributed by atoms with van der Waals surface area (Å²) in [4.78, 5) is 12.2. The van der Waals surface area contributed by atoms with Crippen LogP contribution in [0, 0.1) is 0 Å². The van der Waals surface area contributed by atoms with E-state index >= 15 is 0 Å². The van der Waals surface area contributed by atoms with Crippen molar-refractivity contribution < 1.29 is 4.79 Å². The van der Waals surface area contributed by atoms with Crippen molar-refractivity contribution >= 4 is 16.9 Å². The van der Waals surface area contributed by atoms with E-state index in [0.717, 1.165) is 23.9 Å². The van der Waals surface area contributed by atoms with Crippen LogP contribution in [0.4, 0.5) is 0 Å². The summed E-state index contributed by atoms with van der Waals surface area (Å²) < 4.78 is 1.67. The SMILES string of the molecule is O=C(Cn1nnc2ccccc21)NC1CCCCCCC1. The summed E-state index contributed by atoms with van der Waals surface area (Å²) in [7, 11) is 0. The van der Waals surface area contributed by atoms with E-state index in [1.165, 1.54) is 32.1 Å². The number of carbonyl (C=O) groups excluding carboxylic acids is 1. The molecule has 1 aliphatic carbocycles. The van der Waals surface area contributed by atoms with E-state index in [-0.39, 0.29) is 12.5 Å². The van der Waals surface area contributed by atoms with Crippen molar-refractivity contribution in [2.24, 2.45) is 0 Å². The van der Waals surface area contributed by atoms with Crippen molar-refractivity contribution in [3.05, 3.63) is 24.3 Å². The summed E-state index contributed by atoms with van der Waals surface area (Å²) >= 11 is 0. The molecule has 0 aliphatic heterocycles. The van der Waals surface area contributed by atoms with Crippen LogP contribution in [0.3, 0.4) is 0 Å². The Hall–Kier alpha value is -1.91. The highest BCUT2D eigenvalue weighted by atomic mass is 16.2. The highest BCUT2D eigenvalue weighted by molar-refractivity contribution is 5.79. The van der Waals surface area contributed by atoms with Gasteiger partial charge in [-0.3, -0.25) is 4.79 Å². The molecule has 0 bridgehead atoms. The van der Waals surface area contributed by atoms with Crippen LogP contribution in [-0.2, 0) is 11.3 Å². The number of rotatable bonds is 3. The Labute approximate surface area is 124 Å².